The van der Waals surface area contributed by atoms with Gasteiger partial charge in [-0.3, -0.25) is 9.69 Å². The van der Waals surface area contributed by atoms with Crippen LogP contribution in [0.2, 0.25) is 0 Å². The van der Waals surface area contributed by atoms with Crippen molar-refractivity contribution in [1.29, 1.82) is 0 Å². The molecule has 4 aromatic rings. The Balaban J connectivity index is 0.00000304. The van der Waals surface area contributed by atoms with Crippen LogP contribution in [0.5, 0.6) is 11.5 Å². The van der Waals surface area contributed by atoms with E-state index in [1.165, 1.54) is 24.3 Å². The first-order chi connectivity index (χ1) is 17.0. The fourth-order valence-corrected chi connectivity index (χ4v) is 4.30. The summed E-state index contributed by atoms with van der Waals surface area (Å²) in [5.74, 6) is -0.146. The first kappa shape index (κ1) is 25.4. The first-order valence-corrected chi connectivity index (χ1v) is 11.6. The molecule has 8 heteroatoms. The van der Waals surface area contributed by atoms with Crippen molar-refractivity contribution < 1.29 is 23.6 Å². The molecule has 0 bridgehead atoms. The van der Waals surface area contributed by atoms with Crippen LogP contribution < -0.4 is 4.74 Å². The van der Waals surface area contributed by atoms with Gasteiger partial charge in [-0.05, 0) is 61.5 Å². The van der Waals surface area contributed by atoms with Gasteiger partial charge in [-0.15, -0.1) is 12.4 Å². The normalized spacial score (nSPS) is 13.6. The average molecular weight is 509 g/mol. The van der Waals surface area contributed by atoms with E-state index in [9.17, 15) is 14.3 Å². The van der Waals surface area contributed by atoms with Gasteiger partial charge in [-0.25, -0.2) is 4.39 Å². The highest BCUT2D eigenvalue weighted by Gasteiger charge is 2.29. The molecule has 0 unspecified atom stereocenters. The molecule has 0 spiro atoms. The van der Waals surface area contributed by atoms with Crippen LogP contribution in [-0.4, -0.2) is 46.7 Å². The molecule has 0 atom stereocenters. The zero-order valence-corrected chi connectivity index (χ0v) is 20.5. The Bertz CT molecular complexity index is 1350. The number of aromatic hydroxyl groups is 1. The number of carbonyl (C=O) groups is 1. The minimum absolute atomic E-state index is 0. The summed E-state index contributed by atoms with van der Waals surface area (Å²) in [6.45, 7) is 5.02. The summed E-state index contributed by atoms with van der Waals surface area (Å²) >= 11 is 0. The second-order valence-electron chi connectivity index (χ2n) is 8.62. The van der Waals surface area contributed by atoms with Crippen molar-refractivity contribution in [3.8, 4) is 34.1 Å². The maximum absolute atomic E-state index is 14.6. The van der Waals surface area contributed by atoms with Gasteiger partial charge in [0, 0.05) is 24.2 Å². The fourth-order valence-electron chi connectivity index (χ4n) is 4.30. The summed E-state index contributed by atoms with van der Waals surface area (Å²) in [5.41, 5.74) is 1.37. The Morgan fingerprint density at radius 2 is 1.86 bits per heavy atom. The molecular formula is C28H26ClFN2O4. The minimum Gasteiger partial charge on any atom is -0.508 e. The van der Waals surface area contributed by atoms with Gasteiger partial charge in [0.2, 0.25) is 0 Å². The standard InChI is InChI=1S/C28H25FN2O4.ClH/c1-2-14-31-16-22(17-31)34-21-12-10-18(11-13-21)27(33)25-26(19-6-5-7-20(32)15-19)30-35-28(25)23-8-3-4-9-24(23)29;/h3-13,15,22,32H,2,14,16-17H2,1H3;1H. The van der Waals surface area contributed by atoms with E-state index in [-0.39, 0.29) is 52.6 Å². The van der Waals surface area contributed by atoms with Crippen molar-refractivity contribution in [3.63, 3.8) is 0 Å². The van der Waals surface area contributed by atoms with Gasteiger partial charge in [0.25, 0.3) is 0 Å². The molecule has 1 aliphatic rings. The summed E-state index contributed by atoms with van der Waals surface area (Å²) in [5, 5.41) is 14.0. The number of hydrogen-bond donors (Lipinski definition) is 1. The molecule has 1 N–H and O–H groups in total. The van der Waals surface area contributed by atoms with Crippen molar-refractivity contribution in [2.75, 3.05) is 19.6 Å². The molecule has 1 aliphatic heterocycles. The summed E-state index contributed by atoms with van der Waals surface area (Å²) in [6.07, 6.45) is 1.26. The van der Waals surface area contributed by atoms with E-state index in [0.29, 0.717) is 16.9 Å². The Kier molecular flexibility index (Phi) is 7.72. The fraction of sp³-hybridized carbons (Fsp3) is 0.214. The highest BCUT2D eigenvalue weighted by atomic mass is 35.5. The molecule has 0 radical (unpaired) electrons. The third kappa shape index (κ3) is 5.12. The number of benzene rings is 3. The number of ketones is 1. The summed E-state index contributed by atoms with van der Waals surface area (Å²) in [4.78, 5) is 16.0. The SMILES string of the molecule is CCCN1CC(Oc2ccc(C(=O)c3c(-c4cccc(O)c4)noc3-c3ccccc3F)cc2)C1.Cl. The molecule has 2 heterocycles. The van der Waals surface area contributed by atoms with E-state index in [0.717, 1.165) is 26.1 Å². The molecular weight excluding hydrogens is 483 g/mol. The van der Waals surface area contributed by atoms with Gasteiger partial charge in [0.1, 0.15) is 29.1 Å². The zero-order chi connectivity index (χ0) is 24.4. The third-order valence-electron chi connectivity index (χ3n) is 6.04. The van der Waals surface area contributed by atoms with Crippen molar-refractivity contribution in [2.24, 2.45) is 0 Å². The highest BCUT2D eigenvalue weighted by Crippen LogP contribution is 2.36. The molecule has 0 amide bonds. The number of nitrogens with zero attached hydrogens (tertiary/aromatic N) is 2. The monoisotopic (exact) mass is 508 g/mol. The Morgan fingerprint density at radius 1 is 1.11 bits per heavy atom. The topological polar surface area (TPSA) is 75.8 Å². The Hall–Kier alpha value is -3.68. The van der Waals surface area contributed by atoms with Crippen molar-refractivity contribution in [2.45, 2.75) is 19.4 Å². The minimum atomic E-state index is -0.526. The number of hydrogen-bond acceptors (Lipinski definition) is 6. The van der Waals surface area contributed by atoms with Crippen LogP contribution >= 0.6 is 12.4 Å². The lowest BCUT2D eigenvalue weighted by atomic mass is 9.95. The number of carbonyl (C=O) groups excluding carboxylic acids is 1. The lowest BCUT2D eigenvalue weighted by molar-refractivity contribution is 0.0202. The van der Waals surface area contributed by atoms with E-state index in [4.69, 9.17) is 9.26 Å². The molecule has 1 aromatic heterocycles. The molecule has 3 aromatic carbocycles. The van der Waals surface area contributed by atoms with Crippen LogP contribution in [0, 0.1) is 5.82 Å². The third-order valence-corrected chi connectivity index (χ3v) is 6.04. The number of ether oxygens (including phenoxy) is 1. The lowest BCUT2D eigenvalue weighted by Gasteiger charge is -2.38. The number of halogens is 2. The van der Waals surface area contributed by atoms with Gasteiger partial charge < -0.3 is 14.4 Å². The largest absolute Gasteiger partial charge is 0.508 e. The molecule has 0 aliphatic carbocycles. The molecule has 5 rings (SSSR count). The second-order valence-corrected chi connectivity index (χ2v) is 8.62. The van der Waals surface area contributed by atoms with Gasteiger partial charge in [-0.2, -0.15) is 0 Å². The van der Waals surface area contributed by atoms with Gasteiger partial charge >= 0.3 is 0 Å². The molecule has 6 nitrogen and oxygen atoms in total. The summed E-state index contributed by atoms with van der Waals surface area (Å²) in [7, 11) is 0. The van der Waals surface area contributed by atoms with E-state index in [1.54, 1.807) is 48.5 Å². The molecule has 186 valence electrons. The predicted molar refractivity (Wildman–Crippen MR) is 137 cm³/mol. The number of phenolic OH excluding ortho intramolecular Hbond substituents is 1. The summed E-state index contributed by atoms with van der Waals surface area (Å²) < 4.78 is 26.1. The van der Waals surface area contributed by atoms with E-state index < -0.39 is 5.82 Å². The average Bonchev–Trinajstić information content (AvgIpc) is 3.28. The van der Waals surface area contributed by atoms with E-state index in [1.807, 2.05) is 0 Å². The zero-order valence-electron chi connectivity index (χ0n) is 19.7. The maximum Gasteiger partial charge on any atom is 0.199 e. The van der Waals surface area contributed by atoms with Crippen LogP contribution in [0.1, 0.15) is 29.3 Å². The number of aromatic nitrogens is 1. The smallest absolute Gasteiger partial charge is 0.199 e. The number of rotatable bonds is 8. The Labute approximate surface area is 214 Å². The second kappa shape index (κ2) is 10.9. The van der Waals surface area contributed by atoms with Crippen LogP contribution in [-0.2, 0) is 0 Å². The maximum atomic E-state index is 14.6. The molecule has 36 heavy (non-hydrogen) atoms. The van der Waals surface area contributed by atoms with Crippen LogP contribution in [0.3, 0.4) is 0 Å². The van der Waals surface area contributed by atoms with Crippen molar-refractivity contribution >= 4 is 18.2 Å². The molecule has 0 saturated carbocycles. The first-order valence-electron chi connectivity index (χ1n) is 11.6. The molecule has 1 fully saturated rings. The van der Waals surface area contributed by atoms with Gasteiger partial charge in [-0.1, -0.05) is 36.3 Å². The summed E-state index contributed by atoms with van der Waals surface area (Å²) in [6, 6.07) is 19.3. The van der Waals surface area contributed by atoms with Crippen molar-refractivity contribution in [1.82, 2.24) is 10.1 Å². The van der Waals surface area contributed by atoms with Crippen molar-refractivity contribution in [3.05, 3.63) is 89.7 Å². The van der Waals surface area contributed by atoms with E-state index in [2.05, 4.69) is 17.0 Å². The quantitative estimate of drug-likeness (QED) is 0.295. The van der Waals surface area contributed by atoms with E-state index >= 15 is 0 Å². The van der Waals surface area contributed by atoms with Crippen LogP contribution in [0.4, 0.5) is 4.39 Å². The van der Waals surface area contributed by atoms with Gasteiger partial charge in [0.05, 0.1) is 11.1 Å². The Morgan fingerprint density at radius 3 is 2.56 bits per heavy atom. The number of likely N-dealkylation sites (tertiary alicyclic amines) is 1. The van der Waals surface area contributed by atoms with Gasteiger partial charge in [0.15, 0.2) is 11.5 Å². The van der Waals surface area contributed by atoms with Crippen LogP contribution in [0.15, 0.2) is 77.3 Å². The highest BCUT2D eigenvalue weighted by molar-refractivity contribution is 6.15. The predicted octanol–water partition coefficient (Wildman–Crippen LogP) is 5.98. The van der Waals surface area contributed by atoms with Crippen LogP contribution in [0.25, 0.3) is 22.6 Å². The number of phenols is 1. The molecule has 1 saturated heterocycles. The lowest BCUT2D eigenvalue weighted by Crippen LogP contribution is -2.53.